The third-order valence-corrected chi connectivity index (χ3v) is 14.3. The number of hydrogen-bond donors (Lipinski definition) is 3. The summed E-state index contributed by atoms with van der Waals surface area (Å²) in [5.74, 6) is -0.0559. The van der Waals surface area contributed by atoms with Gasteiger partial charge in [-0.2, -0.15) is 0 Å². The van der Waals surface area contributed by atoms with Gasteiger partial charge in [-0.15, -0.1) is 0 Å². The molecule has 1 amide bonds. The van der Waals surface area contributed by atoms with E-state index in [1.54, 1.807) is 6.08 Å². The number of aliphatic hydroxyl groups is 2. The number of rotatable bonds is 56. The van der Waals surface area contributed by atoms with E-state index in [1.807, 2.05) is 6.08 Å². The van der Waals surface area contributed by atoms with Crippen molar-refractivity contribution in [1.29, 1.82) is 0 Å². The number of hydrogen-bond acceptors (Lipinski definition) is 3. The third kappa shape index (κ3) is 52.1. The molecule has 0 bridgehead atoms. The predicted molar refractivity (Wildman–Crippen MR) is 286 cm³/mol. The van der Waals surface area contributed by atoms with Crippen molar-refractivity contribution in [3.05, 3.63) is 12.2 Å². The molecule has 0 heterocycles. The van der Waals surface area contributed by atoms with Gasteiger partial charge < -0.3 is 15.5 Å². The highest BCUT2D eigenvalue weighted by atomic mass is 16.3. The predicted octanol–water partition coefficient (Wildman–Crippen LogP) is 19.7. The smallest absolute Gasteiger partial charge is 0.220 e. The lowest BCUT2D eigenvalue weighted by Gasteiger charge is -2.20. The lowest BCUT2D eigenvalue weighted by Crippen LogP contribution is -2.45. The van der Waals surface area contributed by atoms with Crippen LogP contribution >= 0.6 is 0 Å². The van der Waals surface area contributed by atoms with Crippen LogP contribution in [0.4, 0.5) is 0 Å². The van der Waals surface area contributed by atoms with E-state index in [2.05, 4.69) is 19.2 Å². The summed E-state index contributed by atoms with van der Waals surface area (Å²) in [5, 5.41) is 23.1. The number of aliphatic hydroxyl groups excluding tert-OH is 2. The molecular weight excluding hydrogens is 783 g/mol. The molecule has 382 valence electrons. The monoisotopic (exact) mass is 902 g/mol. The maximum Gasteiger partial charge on any atom is 0.220 e. The van der Waals surface area contributed by atoms with Gasteiger partial charge in [0.2, 0.25) is 5.91 Å². The van der Waals surface area contributed by atoms with Gasteiger partial charge in [0.05, 0.1) is 18.8 Å². The molecule has 4 heteroatoms. The van der Waals surface area contributed by atoms with E-state index in [4.69, 9.17) is 0 Å². The number of carbonyl (C=O) groups excluding carboxylic acids is 1. The van der Waals surface area contributed by atoms with Crippen LogP contribution < -0.4 is 5.32 Å². The number of amides is 1. The first kappa shape index (κ1) is 63.1. The summed E-state index contributed by atoms with van der Waals surface area (Å²) < 4.78 is 0. The standard InChI is InChI=1S/C60H119NO3/c1-3-5-7-9-11-13-15-17-19-21-22-23-24-25-26-27-28-29-30-31-32-33-34-35-36-37-38-39-40-42-44-46-48-50-52-54-56-60(64)61-58(57-62)59(63)55-53-51-49-47-45-43-41-20-18-16-14-12-10-8-6-4-2/h53,55,58-59,62-63H,3-52,54,56-57H2,1-2H3,(H,61,64)/b55-53+. The largest absolute Gasteiger partial charge is 0.394 e. The molecule has 0 aliphatic heterocycles. The van der Waals surface area contributed by atoms with Crippen LogP contribution in [0.25, 0.3) is 0 Å². The second-order valence-corrected chi connectivity index (χ2v) is 20.8. The average molecular weight is 903 g/mol. The van der Waals surface area contributed by atoms with E-state index < -0.39 is 12.1 Å². The number of unbranched alkanes of at least 4 members (excludes halogenated alkanes) is 49. The molecule has 0 aliphatic rings. The molecule has 3 N–H and O–H groups in total. The molecule has 0 spiro atoms. The molecule has 0 aromatic rings. The first-order chi connectivity index (χ1) is 31.7. The normalized spacial score (nSPS) is 12.8. The van der Waals surface area contributed by atoms with Crippen LogP contribution in [0, 0.1) is 0 Å². The Morgan fingerprint density at radius 2 is 0.578 bits per heavy atom. The van der Waals surface area contributed by atoms with Crippen molar-refractivity contribution in [2.45, 2.75) is 360 Å². The van der Waals surface area contributed by atoms with Crippen molar-refractivity contribution in [1.82, 2.24) is 5.32 Å². The highest BCUT2D eigenvalue weighted by Gasteiger charge is 2.18. The SMILES string of the molecule is CCCCCCCCCCCCCCCC/C=C/C(O)C(CO)NC(=O)CCCCCCCCCCCCCCCCCCCCCCCCCCCCCCCCCCCCCC. The zero-order valence-corrected chi connectivity index (χ0v) is 44.1. The summed E-state index contributed by atoms with van der Waals surface area (Å²) in [7, 11) is 0. The summed E-state index contributed by atoms with van der Waals surface area (Å²) in [5.41, 5.74) is 0. The lowest BCUT2D eigenvalue weighted by atomic mass is 10.0. The zero-order chi connectivity index (χ0) is 46.3. The van der Waals surface area contributed by atoms with Gasteiger partial charge in [-0.3, -0.25) is 4.79 Å². The van der Waals surface area contributed by atoms with Crippen molar-refractivity contribution >= 4 is 5.91 Å². The fraction of sp³-hybridized carbons (Fsp3) is 0.950. The molecule has 0 fully saturated rings. The fourth-order valence-corrected chi connectivity index (χ4v) is 9.71. The second kappa shape index (κ2) is 56.5. The van der Waals surface area contributed by atoms with Crippen LogP contribution in [-0.4, -0.2) is 34.9 Å². The zero-order valence-electron chi connectivity index (χ0n) is 44.1. The minimum Gasteiger partial charge on any atom is -0.394 e. The molecular formula is C60H119NO3. The van der Waals surface area contributed by atoms with E-state index in [0.29, 0.717) is 6.42 Å². The highest BCUT2D eigenvalue weighted by Crippen LogP contribution is 2.18. The Morgan fingerprint density at radius 1 is 0.359 bits per heavy atom. The van der Waals surface area contributed by atoms with Crippen LogP contribution in [0.3, 0.4) is 0 Å². The molecule has 2 atom stereocenters. The van der Waals surface area contributed by atoms with Crippen molar-refractivity contribution < 1.29 is 15.0 Å². The molecule has 0 aliphatic carbocycles. The summed E-state index contributed by atoms with van der Waals surface area (Å²) in [6.45, 7) is 4.35. The van der Waals surface area contributed by atoms with Gasteiger partial charge in [-0.1, -0.05) is 334 Å². The minimum atomic E-state index is -0.835. The van der Waals surface area contributed by atoms with Crippen LogP contribution in [0.2, 0.25) is 0 Å². The topological polar surface area (TPSA) is 69.6 Å². The Labute approximate surface area is 403 Å². The molecule has 0 saturated carbocycles. The maximum absolute atomic E-state index is 12.5. The van der Waals surface area contributed by atoms with Crippen molar-refractivity contribution in [3.8, 4) is 0 Å². The van der Waals surface area contributed by atoms with Crippen molar-refractivity contribution in [2.24, 2.45) is 0 Å². The molecule has 0 aromatic heterocycles. The Balaban J connectivity index is 3.37. The number of allylic oxidation sites excluding steroid dienone is 1. The van der Waals surface area contributed by atoms with Gasteiger partial charge in [-0.05, 0) is 19.3 Å². The average Bonchev–Trinajstić information content (AvgIpc) is 3.30. The molecule has 0 saturated heterocycles. The third-order valence-electron chi connectivity index (χ3n) is 14.3. The van der Waals surface area contributed by atoms with Gasteiger partial charge >= 0.3 is 0 Å². The van der Waals surface area contributed by atoms with Gasteiger partial charge in [0.1, 0.15) is 0 Å². The molecule has 4 nitrogen and oxygen atoms in total. The van der Waals surface area contributed by atoms with Crippen molar-refractivity contribution in [2.75, 3.05) is 6.61 Å². The molecule has 0 rings (SSSR count). The van der Waals surface area contributed by atoms with Crippen LogP contribution in [0.5, 0.6) is 0 Å². The van der Waals surface area contributed by atoms with Crippen LogP contribution in [-0.2, 0) is 4.79 Å². The molecule has 0 radical (unpaired) electrons. The maximum atomic E-state index is 12.5. The van der Waals surface area contributed by atoms with E-state index in [-0.39, 0.29) is 12.5 Å². The summed E-state index contributed by atoms with van der Waals surface area (Å²) in [4.78, 5) is 12.5. The molecule has 0 aromatic carbocycles. The van der Waals surface area contributed by atoms with Gasteiger partial charge in [0.15, 0.2) is 0 Å². The van der Waals surface area contributed by atoms with Gasteiger partial charge in [-0.25, -0.2) is 0 Å². The van der Waals surface area contributed by atoms with Crippen molar-refractivity contribution in [3.63, 3.8) is 0 Å². The molecule has 2 unspecified atom stereocenters. The fourth-order valence-electron chi connectivity index (χ4n) is 9.71. The second-order valence-electron chi connectivity index (χ2n) is 20.8. The number of carbonyl (C=O) groups is 1. The van der Waals surface area contributed by atoms with E-state index in [0.717, 1.165) is 25.7 Å². The van der Waals surface area contributed by atoms with Gasteiger partial charge in [0.25, 0.3) is 0 Å². The Hall–Kier alpha value is -0.870. The van der Waals surface area contributed by atoms with E-state index >= 15 is 0 Å². The first-order valence-electron chi connectivity index (χ1n) is 29.9. The first-order valence-corrected chi connectivity index (χ1v) is 29.9. The minimum absolute atomic E-state index is 0.0559. The highest BCUT2D eigenvalue weighted by molar-refractivity contribution is 5.76. The quantitative estimate of drug-likeness (QED) is 0.0421. The van der Waals surface area contributed by atoms with Crippen LogP contribution in [0.15, 0.2) is 12.2 Å². The Kier molecular flexibility index (Phi) is 55.7. The summed E-state index contributed by atoms with van der Waals surface area (Å²) in [6.07, 6.45) is 74.1. The van der Waals surface area contributed by atoms with Gasteiger partial charge in [0, 0.05) is 6.42 Å². The Morgan fingerprint density at radius 3 is 0.812 bits per heavy atom. The molecule has 64 heavy (non-hydrogen) atoms. The summed E-state index contributed by atoms with van der Waals surface area (Å²) in [6, 6.07) is -0.618. The van der Waals surface area contributed by atoms with Crippen LogP contribution in [0.1, 0.15) is 348 Å². The Bertz CT molecular complexity index is 890. The lowest BCUT2D eigenvalue weighted by molar-refractivity contribution is -0.123. The van der Waals surface area contributed by atoms with E-state index in [9.17, 15) is 15.0 Å². The van der Waals surface area contributed by atoms with E-state index in [1.165, 1.54) is 302 Å². The summed E-state index contributed by atoms with van der Waals surface area (Å²) >= 11 is 0. The number of nitrogens with one attached hydrogen (secondary N) is 1.